The van der Waals surface area contributed by atoms with Crippen molar-refractivity contribution >= 4 is 23.2 Å². The van der Waals surface area contributed by atoms with Crippen LogP contribution in [0.5, 0.6) is 0 Å². The van der Waals surface area contributed by atoms with Gasteiger partial charge in [0.05, 0.1) is 23.5 Å². The smallest absolute Gasteiger partial charge is 0.257 e. The molecule has 5 rings (SSSR count). The maximum Gasteiger partial charge on any atom is 0.257 e. The summed E-state index contributed by atoms with van der Waals surface area (Å²) in [5.41, 5.74) is -0.0766. The van der Waals surface area contributed by atoms with Crippen molar-refractivity contribution < 1.29 is 23.8 Å². The van der Waals surface area contributed by atoms with Gasteiger partial charge >= 0.3 is 0 Å². The van der Waals surface area contributed by atoms with Crippen LogP contribution in [0.25, 0.3) is 5.65 Å². The van der Waals surface area contributed by atoms with Crippen LogP contribution in [0, 0.1) is 0 Å². The van der Waals surface area contributed by atoms with Crippen LogP contribution in [0.3, 0.4) is 0 Å². The number of aromatic nitrogens is 3. The predicted octanol–water partition coefficient (Wildman–Crippen LogP) is 2.05. The lowest BCUT2D eigenvalue weighted by molar-refractivity contribution is -0.136. The number of hydrogen-bond donors (Lipinski definition) is 5. The molecule has 0 radical (unpaired) electrons. The van der Waals surface area contributed by atoms with Crippen LogP contribution >= 0.6 is 0 Å². The number of halogens is 2. The highest BCUT2D eigenvalue weighted by Gasteiger charge is 2.49. The Balaban J connectivity index is 1.39. The number of alkyl halides is 2. The molecule has 2 aromatic rings. The van der Waals surface area contributed by atoms with E-state index in [9.17, 15) is 23.8 Å². The number of anilines is 2. The van der Waals surface area contributed by atoms with Crippen LogP contribution in [0.4, 0.5) is 20.4 Å². The van der Waals surface area contributed by atoms with Gasteiger partial charge in [-0.15, -0.1) is 0 Å². The largest absolute Gasteiger partial charge is 0.388 e. The number of nitrogens with zero attached hydrogens (tertiary/aromatic N) is 4. The van der Waals surface area contributed by atoms with Crippen molar-refractivity contribution in [3.05, 3.63) is 41.9 Å². The Labute approximate surface area is 200 Å². The van der Waals surface area contributed by atoms with E-state index in [1.807, 2.05) is 0 Å². The highest BCUT2D eigenvalue weighted by molar-refractivity contribution is 6.00. The summed E-state index contributed by atoms with van der Waals surface area (Å²) < 4.78 is 28.2. The Morgan fingerprint density at radius 1 is 1.31 bits per heavy atom. The highest BCUT2D eigenvalue weighted by Crippen LogP contribution is 2.42. The molecule has 2 saturated carbocycles. The lowest BCUT2D eigenvalue weighted by Crippen LogP contribution is -2.53. The van der Waals surface area contributed by atoms with Crippen molar-refractivity contribution in [1.82, 2.24) is 24.8 Å². The molecule has 1 unspecified atom stereocenters. The van der Waals surface area contributed by atoms with Crippen molar-refractivity contribution in [3.63, 3.8) is 0 Å². The monoisotopic (exact) mass is 489 g/mol. The van der Waals surface area contributed by atoms with Gasteiger partial charge in [-0.3, -0.25) is 4.79 Å². The number of allylic oxidation sites excluding steroid dienone is 2. The molecule has 12 heteroatoms. The van der Waals surface area contributed by atoms with Gasteiger partial charge in [-0.25, -0.2) is 13.8 Å². The summed E-state index contributed by atoms with van der Waals surface area (Å²) >= 11 is 0. The van der Waals surface area contributed by atoms with Gasteiger partial charge in [0.1, 0.15) is 17.2 Å². The molecule has 5 N–H and O–H groups in total. The number of hydrogen-bond acceptors (Lipinski definition) is 8. The lowest BCUT2D eigenvalue weighted by Gasteiger charge is -2.45. The molecule has 0 saturated heterocycles. The second-order valence-corrected chi connectivity index (χ2v) is 9.67. The van der Waals surface area contributed by atoms with Gasteiger partial charge in [-0.2, -0.15) is 9.61 Å². The Bertz CT molecular complexity index is 1200. The predicted molar refractivity (Wildman–Crippen MR) is 125 cm³/mol. The summed E-state index contributed by atoms with van der Waals surface area (Å²) in [7, 11) is 1.70. The second-order valence-electron chi connectivity index (χ2n) is 9.67. The SMILES string of the molecule is CNc1cc(NC2=CC=CN(C3CC(F)(F)C3)C2O)nc2c(C(=O)N[C@@H]3CCC[C@@]3(C)O)cnn12. The van der Waals surface area contributed by atoms with E-state index in [2.05, 4.69) is 26.0 Å². The number of aliphatic hydroxyl groups is 2. The quantitative estimate of drug-likeness (QED) is 0.417. The molecule has 1 amide bonds. The number of fused-ring (bicyclic) bond motifs is 1. The van der Waals surface area contributed by atoms with Crippen LogP contribution in [0.2, 0.25) is 0 Å². The summed E-state index contributed by atoms with van der Waals surface area (Å²) in [5, 5.41) is 34.5. The van der Waals surface area contributed by atoms with Gasteiger partial charge in [0, 0.05) is 38.2 Å². The number of amides is 1. The molecule has 3 aliphatic rings. The minimum atomic E-state index is -2.70. The van der Waals surface area contributed by atoms with Gasteiger partial charge in [-0.1, -0.05) is 0 Å². The average Bonchev–Trinajstić information content (AvgIpc) is 3.35. The first-order chi connectivity index (χ1) is 16.6. The normalized spacial score (nSPS) is 28.1. The van der Waals surface area contributed by atoms with Crippen LogP contribution in [-0.4, -0.2) is 72.5 Å². The second kappa shape index (κ2) is 8.45. The zero-order valence-electron chi connectivity index (χ0n) is 19.5. The first-order valence-corrected chi connectivity index (χ1v) is 11.7. The number of carbonyl (C=O) groups excluding carboxylic acids is 1. The first-order valence-electron chi connectivity index (χ1n) is 11.7. The molecule has 0 spiro atoms. The maximum atomic E-state index is 13.4. The minimum absolute atomic E-state index is 0.240. The molecule has 35 heavy (non-hydrogen) atoms. The molecule has 2 fully saturated rings. The highest BCUT2D eigenvalue weighted by atomic mass is 19.3. The third-order valence-electron chi connectivity index (χ3n) is 7.06. The van der Waals surface area contributed by atoms with Crippen LogP contribution < -0.4 is 16.0 Å². The zero-order valence-corrected chi connectivity index (χ0v) is 19.5. The van der Waals surface area contributed by atoms with Crippen molar-refractivity contribution in [2.45, 2.75) is 68.9 Å². The maximum absolute atomic E-state index is 13.4. The molecule has 2 aliphatic carbocycles. The fourth-order valence-corrected chi connectivity index (χ4v) is 4.97. The first kappa shape index (κ1) is 23.5. The topological polar surface area (TPSA) is 127 Å². The van der Waals surface area contributed by atoms with Gasteiger partial charge in [0.2, 0.25) is 0 Å². The molecule has 3 atom stereocenters. The van der Waals surface area contributed by atoms with E-state index in [-0.39, 0.29) is 30.1 Å². The Morgan fingerprint density at radius 3 is 2.74 bits per heavy atom. The van der Waals surface area contributed by atoms with Crippen molar-refractivity contribution in [3.8, 4) is 0 Å². The average molecular weight is 490 g/mol. The summed E-state index contributed by atoms with van der Waals surface area (Å²) in [4.78, 5) is 19.1. The van der Waals surface area contributed by atoms with Crippen molar-refractivity contribution in [2.24, 2.45) is 0 Å². The zero-order chi connectivity index (χ0) is 25.0. The number of nitrogens with one attached hydrogen (secondary N) is 3. The summed E-state index contributed by atoms with van der Waals surface area (Å²) in [6.07, 6.45) is 6.70. The van der Waals surface area contributed by atoms with E-state index in [4.69, 9.17) is 0 Å². The molecule has 0 aromatic carbocycles. The van der Waals surface area contributed by atoms with E-state index in [0.29, 0.717) is 30.2 Å². The van der Waals surface area contributed by atoms with Gasteiger partial charge in [0.25, 0.3) is 11.8 Å². The number of aliphatic hydroxyl groups excluding tert-OH is 1. The molecule has 10 nitrogen and oxygen atoms in total. The van der Waals surface area contributed by atoms with Gasteiger partial charge < -0.3 is 31.1 Å². The van der Waals surface area contributed by atoms with E-state index in [1.165, 1.54) is 15.6 Å². The molecule has 1 aliphatic heterocycles. The molecular weight excluding hydrogens is 460 g/mol. The summed E-state index contributed by atoms with van der Waals surface area (Å²) in [6.45, 7) is 1.71. The standard InChI is InChI=1S/C23H29F2N7O3/c1-22(35)7-3-6-16(22)29-20(33)14-12-27-32-18(26-2)9-17(30-19(14)32)28-15-5-4-8-31(21(15)34)13-10-23(24,25)11-13/h4-5,8-9,12-13,16,21,26,34-35H,3,6-7,10-11H2,1-2H3,(H,28,30)(H,29,33)/t16-,21?,22-/m1/s1. The molecule has 3 heterocycles. The van der Waals surface area contributed by atoms with Gasteiger partial charge in [-0.05, 0) is 38.3 Å². The lowest BCUT2D eigenvalue weighted by atomic mass is 9.86. The van der Waals surface area contributed by atoms with Crippen molar-refractivity contribution in [2.75, 3.05) is 17.7 Å². The minimum Gasteiger partial charge on any atom is -0.388 e. The number of rotatable bonds is 6. The Morgan fingerprint density at radius 2 is 2.09 bits per heavy atom. The Hall–Kier alpha value is -3.25. The van der Waals surface area contributed by atoms with Crippen molar-refractivity contribution in [1.29, 1.82) is 0 Å². The molecular formula is C23H29F2N7O3. The molecule has 188 valence electrons. The number of carbonyl (C=O) groups is 1. The fraction of sp³-hybridized carbons (Fsp3) is 0.522. The van der Waals surface area contributed by atoms with Crippen LogP contribution in [-0.2, 0) is 0 Å². The van der Waals surface area contributed by atoms with E-state index < -0.39 is 29.7 Å². The van der Waals surface area contributed by atoms with Crippen LogP contribution in [0.15, 0.2) is 36.3 Å². The molecule has 0 bridgehead atoms. The van der Waals surface area contributed by atoms with Gasteiger partial charge in [0.15, 0.2) is 11.9 Å². The third kappa shape index (κ3) is 4.31. The fourth-order valence-electron chi connectivity index (χ4n) is 4.97. The van der Waals surface area contributed by atoms with E-state index >= 15 is 0 Å². The van der Waals surface area contributed by atoms with E-state index in [1.54, 1.807) is 38.4 Å². The van der Waals surface area contributed by atoms with E-state index in [0.717, 1.165) is 6.42 Å². The summed E-state index contributed by atoms with van der Waals surface area (Å²) in [5.74, 6) is -2.22. The third-order valence-corrected chi connectivity index (χ3v) is 7.06. The molecule has 2 aromatic heterocycles. The summed E-state index contributed by atoms with van der Waals surface area (Å²) in [6, 6.07) is 0.842. The van der Waals surface area contributed by atoms with Crippen LogP contribution in [0.1, 0.15) is 49.4 Å². The Kier molecular flexibility index (Phi) is 5.67.